The Hall–Kier alpha value is -0.660. The summed E-state index contributed by atoms with van der Waals surface area (Å²) in [5, 5.41) is 3.17. The Labute approximate surface area is 145 Å². The van der Waals surface area contributed by atoms with E-state index in [0.717, 1.165) is 31.4 Å². The van der Waals surface area contributed by atoms with Gasteiger partial charge < -0.3 is 10.1 Å². The SMILES string of the molecule is CNCC1CCN(S(=O)(=O)c2ccc(CCOC)cc2)CC1.Cl. The second-order valence-corrected chi connectivity index (χ2v) is 7.73. The Bertz CT molecular complexity index is 555. The van der Waals surface area contributed by atoms with Gasteiger partial charge in [0.1, 0.15) is 0 Å². The molecule has 0 spiro atoms. The van der Waals surface area contributed by atoms with E-state index in [1.165, 1.54) is 0 Å². The molecule has 0 saturated carbocycles. The Balaban J connectivity index is 0.00000264. The van der Waals surface area contributed by atoms with E-state index in [9.17, 15) is 8.42 Å². The summed E-state index contributed by atoms with van der Waals surface area (Å²) in [6.07, 6.45) is 2.64. The summed E-state index contributed by atoms with van der Waals surface area (Å²) in [5.74, 6) is 0.577. The third kappa shape index (κ3) is 5.43. The molecule has 23 heavy (non-hydrogen) atoms. The maximum atomic E-state index is 12.7. The van der Waals surface area contributed by atoms with Crippen molar-refractivity contribution in [2.45, 2.75) is 24.2 Å². The fourth-order valence-corrected chi connectivity index (χ4v) is 4.31. The number of hydrogen-bond donors (Lipinski definition) is 1. The van der Waals surface area contributed by atoms with Crippen LogP contribution >= 0.6 is 12.4 Å². The summed E-state index contributed by atoms with van der Waals surface area (Å²) in [7, 11) is 0.246. The van der Waals surface area contributed by atoms with Crippen molar-refractivity contribution in [3.8, 4) is 0 Å². The van der Waals surface area contributed by atoms with E-state index in [-0.39, 0.29) is 12.4 Å². The highest BCUT2D eigenvalue weighted by Crippen LogP contribution is 2.23. The van der Waals surface area contributed by atoms with Crippen molar-refractivity contribution in [2.24, 2.45) is 5.92 Å². The monoisotopic (exact) mass is 362 g/mol. The summed E-state index contributed by atoms with van der Waals surface area (Å²) in [6.45, 7) is 2.83. The highest BCUT2D eigenvalue weighted by molar-refractivity contribution is 7.89. The second-order valence-electron chi connectivity index (χ2n) is 5.79. The highest BCUT2D eigenvalue weighted by atomic mass is 35.5. The zero-order valence-corrected chi connectivity index (χ0v) is 15.5. The Morgan fingerprint density at radius 2 is 1.83 bits per heavy atom. The van der Waals surface area contributed by atoms with Crippen LogP contribution in [0.15, 0.2) is 29.2 Å². The molecule has 1 aromatic carbocycles. The van der Waals surface area contributed by atoms with Gasteiger partial charge in [0, 0.05) is 20.2 Å². The molecule has 7 heteroatoms. The lowest BCUT2D eigenvalue weighted by Crippen LogP contribution is -2.40. The number of halogens is 1. The van der Waals surface area contributed by atoms with Crippen LogP contribution in [0.5, 0.6) is 0 Å². The van der Waals surface area contributed by atoms with Crippen LogP contribution in [-0.4, -0.2) is 53.1 Å². The number of nitrogens with one attached hydrogen (secondary N) is 1. The van der Waals surface area contributed by atoms with Crippen molar-refractivity contribution in [2.75, 3.05) is 40.4 Å². The second kappa shape index (κ2) is 9.59. The maximum Gasteiger partial charge on any atom is 0.243 e. The molecule has 1 N–H and O–H groups in total. The lowest BCUT2D eigenvalue weighted by Gasteiger charge is -2.31. The first-order valence-corrected chi connectivity index (χ1v) is 9.24. The average Bonchev–Trinajstić information content (AvgIpc) is 2.54. The van der Waals surface area contributed by atoms with Crippen LogP contribution in [0.3, 0.4) is 0 Å². The van der Waals surface area contributed by atoms with Crippen molar-refractivity contribution in [3.63, 3.8) is 0 Å². The van der Waals surface area contributed by atoms with Gasteiger partial charge in [-0.2, -0.15) is 4.31 Å². The molecule has 0 unspecified atom stereocenters. The molecule has 1 aliphatic rings. The van der Waals surface area contributed by atoms with Crippen LogP contribution in [0.1, 0.15) is 18.4 Å². The quantitative estimate of drug-likeness (QED) is 0.805. The largest absolute Gasteiger partial charge is 0.384 e. The van der Waals surface area contributed by atoms with Gasteiger partial charge in [-0.3, -0.25) is 0 Å². The summed E-state index contributed by atoms with van der Waals surface area (Å²) in [6, 6.07) is 7.17. The van der Waals surface area contributed by atoms with Gasteiger partial charge in [0.05, 0.1) is 11.5 Å². The van der Waals surface area contributed by atoms with Crippen LogP contribution in [0.4, 0.5) is 0 Å². The standard InChI is InChI=1S/C16H26N2O3S.ClH/c1-17-13-15-7-10-18(11-8-15)22(19,20)16-5-3-14(4-6-16)9-12-21-2;/h3-6,15,17H,7-13H2,1-2H3;1H. The third-order valence-corrected chi connectivity index (χ3v) is 6.14. The molecule has 1 saturated heterocycles. The fraction of sp³-hybridized carbons (Fsp3) is 0.625. The summed E-state index contributed by atoms with van der Waals surface area (Å²) in [5.41, 5.74) is 1.09. The van der Waals surface area contributed by atoms with Crippen LogP contribution in [0.2, 0.25) is 0 Å². The number of piperidine rings is 1. The van der Waals surface area contributed by atoms with E-state index in [2.05, 4.69) is 5.32 Å². The van der Waals surface area contributed by atoms with Crippen molar-refractivity contribution in [1.29, 1.82) is 0 Å². The van der Waals surface area contributed by atoms with Gasteiger partial charge in [0.25, 0.3) is 0 Å². The average molecular weight is 363 g/mol. The van der Waals surface area contributed by atoms with E-state index in [4.69, 9.17) is 4.74 Å². The third-order valence-electron chi connectivity index (χ3n) is 4.22. The smallest absolute Gasteiger partial charge is 0.243 e. The molecule has 0 aliphatic carbocycles. The van der Waals surface area contributed by atoms with E-state index in [1.54, 1.807) is 23.5 Å². The number of sulfonamides is 1. The molecule has 2 rings (SSSR count). The number of ether oxygens (including phenoxy) is 1. The molecule has 0 atom stereocenters. The zero-order chi connectivity index (χ0) is 16.0. The van der Waals surface area contributed by atoms with Crippen molar-refractivity contribution in [3.05, 3.63) is 29.8 Å². The van der Waals surface area contributed by atoms with Gasteiger partial charge in [-0.05, 0) is 56.5 Å². The van der Waals surface area contributed by atoms with Gasteiger partial charge in [0.2, 0.25) is 10.0 Å². The number of rotatable bonds is 7. The molecule has 1 aromatic rings. The topological polar surface area (TPSA) is 58.6 Å². The van der Waals surface area contributed by atoms with Crippen molar-refractivity contribution >= 4 is 22.4 Å². The molecule has 0 amide bonds. The molecular weight excluding hydrogens is 336 g/mol. The minimum Gasteiger partial charge on any atom is -0.384 e. The molecule has 0 aromatic heterocycles. The number of methoxy groups -OCH3 is 1. The lowest BCUT2D eigenvalue weighted by molar-refractivity contribution is 0.202. The number of hydrogen-bond acceptors (Lipinski definition) is 4. The summed E-state index contributed by atoms with van der Waals surface area (Å²) < 4.78 is 32.0. The Kier molecular flexibility index (Phi) is 8.50. The van der Waals surface area contributed by atoms with E-state index < -0.39 is 10.0 Å². The Morgan fingerprint density at radius 1 is 1.22 bits per heavy atom. The maximum absolute atomic E-state index is 12.7. The molecule has 0 radical (unpaired) electrons. The predicted molar refractivity (Wildman–Crippen MR) is 94.7 cm³/mol. The first-order chi connectivity index (χ1) is 10.6. The fourth-order valence-electron chi connectivity index (χ4n) is 2.84. The number of nitrogens with zero attached hydrogens (tertiary/aromatic N) is 1. The van der Waals surface area contributed by atoms with E-state index in [0.29, 0.717) is 30.5 Å². The summed E-state index contributed by atoms with van der Waals surface area (Å²) >= 11 is 0. The normalized spacial score (nSPS) is 17.0. The van der Waals surface area contributed by atoms with Crippen LogP contribution in [-0.2, 0) is 21.2 Å². The zero-order valence-electron chi connectivity index (χ0n) is 13.8. The van der Waals surface area contributed by atoms with Gasteiger partial charge >= 0.3 is 0 Å². The van der Waals surface area contributed by atoms with Crippen LogP contribution in [0.25, 0.3) is 0 Å². The molecule has 1 fully saturated rings. The predicted octanol–water partition coefficient (Wildman–Crippen LogP) is 1.92. The molecule has 1 heterocycles. The van der Waals surface area contributed by atoms with E-state index >= 15 is 0 Å². The van der Waals surface area contributed by atoms with E-state index in [1.807, 2.05) is 19.2 Å². The summed E-state index contributed by atoms with van der Waals surface area (Å²) in [4.78, 5) is 0.390. The highest BCUT2D eigenvalue weighted by Gasteiger charge is 2.28. The molecule has 5 nitrogen and oxygen atoms in total. The molecular formula is C16H27ClN2O3S. The van der Waals surface area contributed by atoms with Gasteiger partial charge in [-0.25, -0.2) is 8.42 Å². The number of benzene rings is 1. The molecule has 1 aliphatic heterocycles. The van der Waals surface area contributed by atoms with Crippen molar-refractivity contribution < 1.29 is 13.2 Å². The molecule has 132 valence electrons. The minimum absolute atomic E-state index is 0. The Morgan fingerprint density at radius 3 is 2.35 bits per heavy atom. The lowest BCUT2D eigenvalue weighted by atomic mass is 9.98. The first-order valence-electron chi connectivity index (χ1n) is 7.80. The van der Waals surface area contributed by atoms with Gasteiger partial charge in [0.15, 0.2) is 0 Å². The first kappa shape index (κ1) is 20.4. The van der Waals surface area contributed by atoms with Crippen LogP contribution < -0.4 is 5.32 Å². The van der Waals surface area contributed by atoms with Gasteiger partial charge in [-0.15, -0.1) is 12.4 Å². The molecule has 0 bridgehead atoms. The van der Waals surface area contributed by atoms with Gasteiger partial charge in [-0.1, -0.05) is 12.1 Å². The minimum atomic E-state index is -3.36. The van der Waals surface area contributed by atoms with Crippen LogP contribution in [0, 0.1) is 5.92 Å². The van der Waals surface area contributed by atoms with Crippen molar-refractivity contribution in [1.82, 2.24) is 9.62 Å².